The molecule has 0 bridgehead atoms. The summed E-state index contributed by atoms with van der Waals surface area (Å²) in [4.78, 5) is 12.7. The quantitative estimate of drug-likeness (QED) is 0.168. The Labute approximate surface area is 361 Å². The minimum Gasteiger partial charge on any atom is -0.310 e. The van der Waals surface area contributed by atoms with Crippen LogP contribution in [0.2, 0.25) is 0 Å². The van der Waals surface area contributed by atoms with E-state index in [0.29, 0.717) is 5.82 Å². The molecule has 290 valence electrons. The molecule has 0 fully saturated rings. The van der Waals surface area contributed by atoms with Gasteiger partial charge in [0.15, 0.2) is 5.82 Å². The van der Waals surface area contributed by atoms with Crippen LogP contribution < -0.4 is 4.90 Å². The van der Waals surface area contributed by atoms with Crippen molar-refractivity contribution >= 4 is 17.1 Å². The average Bonchev–Trinajstić information content (AvgIpc) is 3.65. The number of hydrogen-bond donors (Lipinski definition) is 0. The van der Waals surface area contributed by atoms with Gasteiger partial charge in [0, 0.05) is 22.4 Å². The lowest BCUT2D eigenvalue weighted by Gasteiger charge is -2.45. The van der Waals surface area contributed by atoms with E-state index in [1.807, 2.05) is 24.3 Å². The van der Waals surface area contributed by atoms with Gasteiger partial charge < -0.3 is 4.90 Å². The highest BCUT2D eigenvalue weighted by atomic mass is 15.2. The Hall–Kier alpha value is -8.14. The van der Waals surface area contributed by atoms with Crippen LogP contribution in [-0.4, -0.2) is 9.97 Å². The smallest absolute Gasteiger partial charge is 0.160 e. The van der Waals surface area contributed by atoms with Crippen LogP contribution in [0, 0.1) is 0 Å². The predicted molar refractivity (Wildman–Crippen MR) is 255 cm³/mol. The van der Waals surface area contributed by atoms with Crippen LogP contribution >= 0.6 is 0 Å². The van der Waals surface area contributed by atoms with E-state index in [1.165, 1.54) is 61.4 Å². The van der Waals surface area contributed by atoms with Gasteiger partial charge in [0.2, 0.25) is 0 Å². The monoisotopic (exact) mass is 789 g/mol. The number of anilines is 3. The number of rotatable bonds is 6. The van der Waals surface area contributed by atoms with Crippen LogP contribution in [0.25, 0.3) is 67.3 Å². The van der Waals surface area contributed by atoms with Crippen LogP contribution in [0.15, 0.2) is 237 Å². The van der Waals surface area contributed by atoms with Crippen molar-refractivity contribution in [2.75, 3.05) is 4.90 Å². The van der Waals surface area contributed by atoms with Gasteiger partial charge in [-0.15, -0.1) is 0 Å². The molecular formula is C59H39N3. The molecule has 0 saturated heterocycles. The highest BCUT2D eigenvalue weighted by Crippen LogP contribution is 2.63. The molecule has 0 radical (unpaired) electrons. The van der Waals surface area contributed by atoms with Gasteiger partial charge in [0.05, 0.1) is 28.2 Å². The van der Waals surface area contributed by atoms with Gasteiger partial charge in [0.25, 0.3) is 0 Å². The number of benzene rings is 9. The van der Waals surface area contributed by atoms with E-state index in [4.69, 9.17) is 9.97 Å². The van der Waals surface area contributed by atoms with Crippen LogP contribution in [0.1, 0.15) is 22.3 Å². The molecule has 12 rings (SSSR count). The molecule has 1 spiro atoms. The summed E-state index contributed by atoms with van der Waals surface area (Å²) in [6, 6.07) is 85.2. The standard InChI is InChI=1S/C59H39N3/c1-4-16-40(17-5-1)41-28-32-43(33-29-41)54-39-55(61-58(60-54)45-18-6-2-7-19-45)44-34-30-42(31-35-44)46-36-37-51-49(38-46)48-22-10-11-23-50(48)59(51)52-24-12-14-26-56(52)62(47-20-8-3-9-21-47)57-27-15-13-25-53(57)59/h1-39H. The molecule has 0 N–H and O–H groups in total. The van der Waals surface area contributed by atoms with Crippen molar-refractivity contribution in [3.8, 4) is 67.3 Å². The number of aromatic nitrogens is 2. The lowest BCUT2D eigenvalue weighted by atomic mass is 9.64. The maximum Gasteiger partial charge on any atom is 0.160 e. The first-order valence-corrected chi connectivity index (χ1v) is 21.2. The van der Waals surface area contributed by atoms with Gasteiger partial charge in [-0.25, -0.2) is 9.97 Å². The van der Waals surface area contributed by atoms with Crippen molar-refractivity contribution in [1.82, 2.24) is 9.97 Å². The van der Waals surface area contributed by atoms with Gasteiger partial charge >= 0.3 is 0 Å². The fraction of sp³-hybridized carbons (Fsp3) is 0.0169. The Morgan fingerprint density at radius 3 is 1.31 bits per heavy atom. The third-order valence-electron chi connectivity index (χ3n) is 12.7. The van der Waals surface area contributed by atoms with Crippen molar-refractivity contribution < 1.29 is 0 Å². The normalized spacial score (nSPS) is 12.9. The second kappa shape index (κ2) is 14.5. The predicted octanol–water partition coefficient (Wildman–Crippen LogP) is 15.0. The average molecular weight is 790 g/mol. The zero-order valence-electron chi connectivity index (χ0n) is 33.9. The molecule has 0 amide bonds. The topological polar surface area (TPSA) is 29.0 Å². The molecule has 0 atom stereocenters. The Balaban J connectivity index is 0.950. The molecule has 0 saturated carbocycles. The summed E-state index contributed by atoms with van der Waals surface area (Å²) in [5.41, 5.74) is 20.4. The highest BCUT2D eigenvalue weighted by Gasteiger charge is 2.51. The summed E-state index contributed by atoms with van der Waals surface area (Å²) in [5.74, 6) is 0.707. The van der Waals surface area contributed by atoms with E-state index in [2.05, 4.69) is 217 Å². The Morgan fingerprint density at radius 1 is 0.290 bits per heavy atom. The van der Waals surface area contributed by atoms with E-state index in [0.717, 1.165) is 39.3 Å². The molecule has 10 aromatic rings. The summed E-state index contributed by atoms with van der Waals surface area (Å²) in [5, 5.41) is 0. The van der Waals surface area contributed by atoms with Crippen LogP contribution in [0.4, 0.5) is 17.1 Å². The highest BCUT2D eigenvalue weighted by molar-refractivity contribution is 5.96. The summed E-state index contributed by atoms with van der Waals surface area (Å²) < 4.78 is 0. The molecule has 1 aliphatic carbocycles. The second-order valence-corrected chi connectivity index (χ2v) is 16.1. The second-order valence-electron chi connectivity index (χ2n) is 16.1. The van der Waals surface area contributed by atoms with Gasteiger partial charge in [-0.3, -0.25) is 0 Å². The van der Waals surface area contributed by atoms with Crippen molar-refractivity contribution in [1.29, 1.82) is 0 Å². The molecule has 2 heterocycles. The summed E-state index contributed by atoms with van der Waals surface area (Å²) in [6.07, 6.45) is 0. The van der Waals surface area contributed by atoms with Crippen molar-refractivity contribution in [3.05, 3.63) is 259 Å². The minimum atomic E-state index is -0.476. The molecule has 3 nitrogen and oxygen atoms in total. The van der Waals surface area contributed by atoms with Crippen molar-refractivity contribution in [2.24, 2.45) is 0 Å². The Morgan fingerprint density at radius 2 is 0.710 bits per heavy atom. The first-order chi connectivity index (χ1) is 30.7. The fourth-order valence-electron chi connectivity index (χ4n) is 9.90. The molecule has 2 aliphatic rings. The summed E-state index contributed by atoms with van der Waals surface area (Å²) in [6.45, 7) is 0. The first kappa shape index (κ1) is 35.8. The van der Waals surface area contributed by atoms with Crippen molar-refractivity contribution in [3.63, 3.8) is 0 Å². The molecule has 3 heteroatoms. The SMILES string of the molecule is c1ccc(-c2ccc(-c3cc(-c4ccc(-c5ccc6c(c5)-c5ccccc5C65c6ccccc6N(c6ccccc6)c6ccccc65)cc4)nc(-c4ccccc4)n3)cc2)cc1. The molecule has 0 unspecified atom stereocenters. The molecule has 9 aromatic carbocycles. The maximum atomic E-state index is 5.13. The Kier molecular flexibility index (Phi) is 8.39. The third-order valence-corrected chi connectivity index (χ3v) is 12.7. The summed E-state index contributed by atoms with van der Waals surface area (Å²) >= 11 is 0. The number of nitrogens with zero attached hydrogens (tertiary/aromatic N) is 3. The van der Waals surface area contributed by atoms with Gasteiger partial charge in [-0.05, 0) is 92.0 Å². The number of fused-ring (bicyclic) bond motifs is 9. The van der Waals surface area contributed by atoms with Gasteiger partial charge in [0.1, 0.15) is 0 Å². The largest absolute Gasteiger partial charge is 0.310 e. The first-order valence-electron chi connectivity index (χ1n) is 21.2. The van der Waals surface area contributed by atoms with E-state index in [1.54, 1.807) is 0 Å². The molecule has 1 aromatic heterocycles. The van der Waals surface area contributed by atoms with Crippen LogP contribution in [0.5, 0.6) is 0 Å². The fourth-order valence-corrected chi connectivity index (χ4v) is 9.90. The minimum absolute atomic E-state index is 0.476. The molecular weight excluding hydrogens is 751 g/mol. The van der Waals surface area contributed by atoms with E-state index < -0.39 is 5.41 Å². The lowest BCUT2D eigenvalue weighted by molar-refractivity contribution is 0.753. The molecule has 1 aliphatic heterocycles. The number of hydrogen-bond acceptors (Lipinski definition) is 3. The van der Waals surface area contributed by atoms with Crippen LogP contribution in [-0.2, 0) is 5.41 Å². The summed E-state index contributed by atoms with van der Waals surface area (Å²) in [7, 11) is 0. The van der Waals surface area contributed by atoms with E-state index >= 15 is 0 Å². The Bertz CT molecular complexity index is 3220. The third kappa shape index (κ3) is 5.67. The maximum absolute atomic E-state index is 5.13. The molecule has 62 heavy (non-hydrogen) atoms. The zero-order valence-corrected chi connectivity index (χ0v) is 33.9. The van der Waals surface area contributed by atoms with Crippen molar-refractivity contribution in [2.45, 2.75) is 5.41 Å². The van der Waals surface area contributed by atoms with E-state index in [9.17, 15) is 0 Å². The van der Waals surface area contributed by atoms with Crippen LogP contribution in [0.3, 0.4) is 0 Å². The lowest BCUT2D eigenvalue weighted by Crippen LogP contribution is -2.36. The van der Waals surface area contributed by atoms with E-state index in [-0.39, 0.29) is 0 Å². The van der Waals surface area contributed by atoms with Gasteiger partial charge in [-0.1, -0.05) is 200 Å². The number of para-hydroxylation sites is 3. The van der Waals surface area contributed by atoms with Gasteiger partial charge in [-0.2, -0.15) is 0 Å². The zero-order chi connectivity index (χ0) is 41.0.